The molecular formula is C18H20N2O3S. The lowest BCUT2D eigenvalue weighted by atomic mass is 9.99. The normalized spacial score (nSPS) is 22.6. The summed E-state index contributed by atoms with van der Waals surface area (Å²) < 4.78 is 5.12. The summed E-state index contributed by atoms with van der Waals surface area (Å²) in [5.41, 5.74) is 0.979. The van der Waals surface area contributed by atoms with Gasteiger partial charge in [-0.2, -0.15) is 4.99 Å². The number of likely N-dealkylation sites (tertiary alicyclic amines) is 1. The van der Waals surface area contributed by atoms with Crippen molar-refractivity contribution in [2.45, 2.75) is 19.8 Å². The molecule has 0 radical (unpaired) electrons. The van der Waals surface area contributed by atoms with Gasteiger partial charge in [0.1, 0.15) is 0 Å². The van der Waals surface area contributed by atoms with Crippen LogP contribution in [0, 0.1) is 5.92 Å². The van der Waals surface area contributed by atoms with Crippen LogP contribution in [-0.2, 0) is 14.3 Å². The Morgan fingerprint density at radius 2 is 2.21 bits per heavy atom. The summed E-state index contributed by atoms with van der Waals surface area (Å²) in [6.45, 7) is 3.59. The summed E-state index contributed by atoms with van der Waals surface area (Å²) in [5.74, 6) is -0.506. The van der Waals surface area contributed by atoms with Gasteiger partial charge in [-0.15, -0.1) is 0 Å². The number of amidine groups is 1. The fourth-order valence-corrected chi connectivity index (χ4v) is 3.79. The first-order valence-electron chi connectivity index (χ1n) is 8.16. The predicted molar refractivity (Wildman–Crippen MR) is 95.4 cm³/mol. The van der Waals surface area contributed by atoms with E-state index in [1.54, 1.807) is 0 Å². The zero-order chi connectivity index (χ0) is 16.9. The number of ether oxygens (including phenoxy) is 1. The van der Waals surface area contributed by atoms with Crippen molar-refractivity contribution in [3.05, 3.63) is 40.8 Å². The number of piperidine rings is 1. The zero-order valence-electron chi connectivity index (χ0n) is 13.6. The molecule has 2 aliphatic heterocycles. The van der Waals surface area contributed by atoms with Crippen LogP contribution in [-0.4, -0.2) is 41.6 Å². The first-order chi connectivity index (χ1) is 11.7. The molecule has 1 amide bonds. The number of hydrogen-bond donors (Lipinski definition) is 0. The van der Waals surface area contributed by atoms with E-state index in [1.807, 2.05) is 48.2 Å². The Balaban J connectivity index is 1.68. The van der Waals surface area contributed by atoms with E-state index < -0.39 is 0 Å². The van der Waals surface area contributed by atoms with E-state index in [2.05, 4.69) is 4.99 Å². The number of amides is 1. The molecule has 126 valence electrons. The summed E-state index contributed by atoms with van der Waals surface area (Å²) in [4.78, 5) is 30.9. The Morgan fingerprint density at radius 1 is 1.42 bits per heavy atom. The summed E-state index contributed by atoms with van der Waals surface area (Å²) in [5, 5.41) is 0.691. The molecule has 1 fully saturated rings. The van der Waals surface area contributed by atoms with Gasteiger partial charge in [0.05, 0.1) is 17.4 Å². The predicted octanol–water partition coefficient (Wildman–Crippen LogP) is 2.93. The minimum Gasteiger partial charge on any atom is -0.466 e. The molecule has 1 atom stereocenters. The van der Waals surface area contributed by atoms with Crippen LogP contribution < -0.4 is 0 Å². The molecule has 0 saturated carbocycles. The third-order valence-corrected chi connectivity index (χ3v) is 5.06. The lowest BCUT2D eigenvalue weighted by molar-refractivity contribution is -0.149. The second-order valence-corrected chi connectivity index (χ2v) is 6.77. The SMILES string of the molecule is CCOC(=O)[C@H]1CCCN(C2=NC(=O)/C(=C\c3ccccc3)S2)C1. The van der Waals surface area contributed by atoms with Gasteiger partial charge < -0.3 is 9.64 Å². The van der Waals surface area contributed by atoms with Crippen molar-refractivity contribution in [2.24, 2.45) is 10.9 Å². The molecule has 0 aliphatic carbocycles. The minimum atomic E-state index is -0.211. The van der Waals surface area contributed by atoms with Crippen LogP contribution in [0.3, 0.4) is 0 Å². The highest BCUT2D eigenvalue weighted by Gasteiger charge is 2.32. The summed E-state index contributed by atoms with van der Waals surface area (Å²) in [7, 11) is 0. The van der Waals surface area contributed by atoms with Gasteiger partial charge in [-0.3, -0.25) is 9.59 Å². The highest BCUT2D eigenvalue weighted by molar-refractivity contribution is 8.18. The Morgan fingerprint density at radius 3 is 2.96 bits per heavy atom. The topological polar surface area (TPSA) is 59.0 Å². The van der Waals surface area contributed by atoms with Gasteiger partial charge in [0.25, 0.3) is 5.91 Å². The van der Waals surface area contributed by atoms with Gasteiger partial charge in [0.2, 0.25) is 0 Å². The maximum Gasteiger partial charge on any atom is 0.310 e. The van der Waals surface area contributed by atoms with Crippen molar-refractivity contribution in [1.29, 1.82) is 0 Å². The van der Waals surface area contributed by atoms with Crippen LogP contribution in [0.1, 0.15) is 25.3 Å². The van der Waals surface area contributed by atoms with Gasteiger partial charge in [0, 0.05) is 13.1 Å². The summed E-state index contributed by atoms with van der Waals surface area (Å²) >= 11 is 1.38. The van der Waals surface area contributed by atoms with Crippen molar-refractivity contribution in [3.63, 3.8) is 0 Å². The van der Waals surface area contributed by atoms with Crippen LogP contribution >= 0.6 is 11.8 Å². The van der Waals surface area contributed by atoms with Gasteiger partial charge >= 0.3 is 5.97 Å². The first-order valence-corrected chi connectivity index (χ1v) is 8.98. The number of hydrogen-bond acceptors (Lipinski definition) is 5. The van der Waals surface area contributed by atoms with E-state index >= 15 is 0 Å². The van der Waals surface area contributed by atoms with Gasteiger partial charge in [-0.05, 0) is 43.2 Å². The Hall–Kier alpha value is -2.08. The van der Waals surface area contributed by atoms with E-state index in [1.165, 1.54) is 11.8 Å². The lowest BCUT2D eigenvalue weighted by Gasteiger charge is -2.32. The standard InChI is InChI=1S/C18H20N2O3S/c1-2-23-17(22)14-9-6-10-20(12-14)18-19-16(21)15(24-18)11-13-7-4-3-5-8-13/h3-5,7-8,11,14H,2,6,9-10,12H2,1H3/b15-11+/t14-/m0/s1. The van der Waals surface area contributed by atoms with E-state index in [9.17, 15) is 9.59 Å². The first kappa shape index (κ1) is 16.8. The molecule has 0 spiro atoms. The van der Waals surface area contributed by atoms with Crippen molar-refractivity contribution in [1.82, 2.24) is 4.90 Å². The third kappa shape index (κ3) is 3.87. The molecule has 3 rings (SSSR count). The van der Waals surface area contributed by atoms with Crippen molar-refractivity contribution < 1.29 is 14.3 Å². The van der Waals surface area contributed by atoms with Crippen LogP contribution in [0.4, 0.5) is 0 Å². The average molecular weight is 344 g/mol. The number of aliphatic imine (C=N–C) groups is 1. The number of rotatable bonds is 3. The maximum atomic E-state index is 12.2. The second-order valence-electron chi connectivity index (χ2n) is 5.76. The number of carbonyl (C=O) groups excluding carboxylic acids is 2. The highest BCUT2D eigenvalue weighted by atomic mass is 32.2. The molecule has 24 heavy (non-hydrogen) atoms. The quantitative estimate of drug-likeness (QED) is 0.623. The van der Waals surface area contributed by atoms with Crippen molar-refractivity contribution in [2.75, 3.05) is 19.7 Å². The molecule has 0 N–H and O–H groups in total. The smallest absolute Gasteiger partial charge is 0.310 e. The summed E-state index contributed by atoms with van der Waals surface area (Å²) in [6, 6.07) is 9.73. The molecular weight excluding hydrogens is 324 g/mol. The second kappa shape index (κ2) is 7.66. The van der Waals surface area contributed by atoms with Crippen LogP contribution in [0.5, 0.6) is 0 Å². The molecule has 1 aromatic carbocycles. The number of nitrogens with zero attached hydrogens (tertiary/aromatic N) is 2. The Bertz CT molecular complexity index is 685. The molecule has 0 bridgehead atoms. The Kier molecular flexibility index (Phi) is 5.35. The van der Waals surface area contributed by atoms with Gasteiger partial charge in [-0.25, -0.2) is 0 Å². The molecule has 1 aromatic rings. The van der Waals surface area contributed by atoms with E-state index in [0.717, 1.165) is 24.9 Å². The maximum absolute atomic E-state index is 12.2. The minimum absolute atomic E-state index is 0.140. The zero-order valence-corrected chi connectivity index (χ0v) is 14.4. The number of thioether (sulfide) groups is 1. The average Bonchev–Trinajstić information content (AvgIpc) is 2.97. The van der Waals surface area contributed by atoms with Crippen LogP contribution in [0.2, 0.25) is 0 Å². The Labute approximate surface area is 145 Å². The van der Waals surface area contributed by atoms with Gasteiger partial charge in [-0.1, -0.05) is 30.3 Å². The van der Waals surface area contributed by atoms with Crippen LogP contribution in [0.25, 0.3) is 6.08 Å². The fraction of sp³-hybridized carbons (Fsp3) is 0.389. The molecule has 5 nitrogen and oxygen atoms in total. The molecule has 2 heterocycles. The van der Waals surface area contributed by atoms with Crippen LogP contribution in [0.15, 0.2) is 40.2 Å². The summed E-state index contributed by atoms with van der Waals surface area (Å²) in [6.07, 6.45) is 3.58. The van der Waals surface area contributed by atoms with E-state index in [-0.39, 0.29) is 17.8 Å². The lowest BCUT2D eigenvalue weighted by Crippen LogP contribution is -2.41. The number of carbonyl (C=O) groups is 2. The number of benzene rings is 1. The largest absolute Gasteiger partial charge is 0.466 e. The molecule has 6 heteroatoms. The van der Waals surface area contributed by atoms with Gasteiger partial charge in [0.15, 0.2) is 5.17 Å². The van der Waals surface area contributed by atoms with Crippen molar-refractivity contribution in [3.8, 4) is 0 Å². The monoisotopic (exact) mass is 344 g/mol. The van der Waals surface area contributed by atoms with E-state index in [0.29, 0.717) is 23.2 Å². The molecule has 0 unspecified atom stereocenters. The fourth-order valence-electron chi connectivity index (χ4n) is 2.84. The molecule has 0 aromatic heterocycles. The third-order valence-electron chi connectivity index (χ3n) is 4.02. The number of esters is 1. The molecule has 2 aliphatic rings. The highest BCUT2D eigenvalue weighted by Crippen LogP contribution is 2.32. The van der Waals surface area contributed by atoms with E-state index in [4.69, 9.17) is 4.74 Å². The molecule has 1 saturated heterocycles. The van der Waals surface area contributed by atoms with Crippen molar-refractivity contribution >= 4 is 34.9 Å².